The van der Waals surface area contributed by atoms with Crippen molar-refractivity contribution in [2.75, 3.05) is 5.75 Å². The van der Waals surface area contributed by atoms with Gasteiger partial charge in [-0.05, 0) is 37.4 Å². The number of rotatable bonds is 6. The minimum atomic E-state index is -0.337. The molecule has 0 saturated carbocycles. The van der Waals surface area contributed by atoms with Gasteiger partial charge < -0.3 is 0 Å². The normalized spacial score (nSPS) is 10.9. The fraction of sp³-hybridized carbons (Fsp3) is 0.200. The number of aryl methyl sites for hydroxylation is 1. The summed E-state index contributed by atoms with van der Waals surface area (Å²) in [5.41, 5.74) is 3.09. The average molecular weight is 348 g/mol. The Labute approximate surface area is 142 Å². The highest BCUT2D eigenvalue weighted by atomic mass is 32.2. The van der Waals surface area contributed by atoms with Crippen LogP contribution >= 0.6 is 23.1 Å². The minimum Gasteiger partial charge on any atom is -0.294 e. The summed E-state index contributed by atoms with van der Waals surface area (Å²) in [6.45, 7) is 3.22. The largest absolute Gasteiger partial charge is 0.294 e. The lowest BCUT2D eigenvalue weighted by Crippen LogP contribution is -2.31. The maximum Gasteiger partial charge on any atom is 0.244 e. The summed E-state index contributed by atoms with van der Waals surface area (Å²) in [4.78, 5) is 33.0. The zero-order valence-corrected chi connectivity index (χ0v) is 14.3. The zero-order chi connectivity index (χ0) is 16.8. The first kappa shape index (κ1) is 17.3. The van der Waals surface area contributed by atoms with Crippen LogP contribution in [0.2, 0.25) is 0 Å². The molecule has 2 heterocycles. The number of hydrogen-bond donors (Lipinski definition) is 2. The number of thioether (sulfide) groups is 1. The Kier molecular flexibility index (Phi) is 6.03. The lowest BCUT2D eigenvalue weighted by molar-refractivity contribution is -0.118. The number of nitrogens with two attached hydrogens (primary N) is 1. The van der Waals surface area contributed by atoms with E-state index in [4.69, 9.17) is 5.84 Å². The van der Waals surface area contributed by atoms with Gasteiger partial charge in [-0.25, -0.2) is 15.8 Å². The molecule has 8 heteroatoms. The molecule has 120 valence electrons. The SMILES string of the molecule is CC(=O)c1c(C)nc(/C=C/c2cccs2)nc1SCC(=O)NN. The molecule has 23 heavy (non-hydrogen) atoms. The van der Waals surface area contributed by atoms with Crippen molar-refractivity contribution in [3.8, 4) is 0 Å². The Balaban J connectivity index is 2.32. The van der Waals surface area contributed by atoms with Gasteiger partial charge in [-0.15, -0.1) is 11.3 Å². The number of aromatic nitrogens is 2. The molecule has 2 rings (SSSR count). The van der Waals surface area contributed by atoms with E-state index in [1.807, 2.05) is 23.6 Å². The molecule has 0 spiro atoms. The third-order valence-corrected chi connectivity index (χ3v) is 4.68. The third-order valence-electron chi connectivity index (χ3n) is 2.87. The highest BCUT2D eigenvalue weighted by Gasteiger charge is 2.16. The first-order valence-electron chi connectivity index (χ1n) is 6.74. The minimum absolute atomic E-state index is 0.0846. The molecule has 2 aromatic rings. The molecule has 0 unspecified atom stereocenters. The average Bonchev–Trinajstić information content (AvgIpc) is 3.03. The molecular weight excluding hydrogens is 332 g/mol. The van der Waals surface area contributed by atoms with E-state index < -0.39 is 0 Å². The molecule has 0 aliphatic carbocycles. The Morgan fingerprint density at radius 3 is 2.78 bits per heavy atom. The van der Waals surface area contributed by atoms with E-state index in [1.165, 1.54) is 6.92 Å². The number of Topliss-reactive ketones (excluding diaryl/α,β-unsaturated/α-hetero) is 1. The van der Waals surface area contributed by atoms with Gasteiger partial charge in [0, 0.05) is 4.88 Å². The summed E-state index contributed by atoms with van der Waals surface area (Å²) in [5, 5.41) is 2.47. The van der Waals surface area contributed by atoms with Crippen LogP contribution in [-0.2, 0) is 4.79 Å². The molecular formula is C15H16N4O2S2. The highest BCUT2D eigenvalue weighted by molar-refractivity contribution is 8.00. The van der Waals surface area contributed by atoms with Crippen LogP contribution in [0.1, 0.15) is 33.7 Å². The number of nitrogens with zero attached hydrogens (tertiary/aromatic N) is 2. The summed E-state index contributed by atoms with van der Waals surface area (Å²) in [6, 6.07) is 3.95. The predicted molar refractivity (Wildman–Crippen MR) is 93.1 cm³/mol. The molecule has 2 aromatic heterocycles. The molecule has 0 aliphatic heterocycles. The van der Waals surface area contributed by atoms with E-state index in [0.29, 0.717) is 22.1 Å². The van der Waals surface area contributed by atoms with Crippen LogP contribution in [-0.4, -0.2) is 27.4 Å². The van der Waals surface area contributed by atoms with Crippen LogP contribution < -0.4 is 11.3 Å². The quantitative estimate of drug-likeness (QED) is 0.208. The summed E-state index contributed by atoms with van der Waals surface area (Å²) < 4.78 is 0. The van der Waals surface area contributed by atoms with Crippen molar-refractivity contribution in [3.63, 3.8) is 0 Å². The predicted octanol–water partition coefficient (Wildman–Crippen LogP) is 2.30. The second-order valence-corrected chi connectivity index (χ2v) is 6.55. The van der Waals surface area contributed by atoms with Gasteiger partial charge in [0.1, 0.15) is 5.03 Å². The van der Waals surface area contributed by atoms with Crippen LogP contribution in [0.5, 0.6) is 0 Å². The van der Waals surface area contributed by atoms with Gasteiger partial charge in [0.05, 0.1) is 17.0 Å². The van der Waals surface area contributed by atoms with Gasteiger partial charge in [-0.3, -0.25) is 15.0 Å². The van der Waals surface area contributed by atoms with Crippen LogP contribution in [0.4, 0.5) is 0 Å². The third kappa shape index (κ3) is 4.72. The number of amides is 1. The molecule has 0 radical (unpaired) electrons. The maximum atomic E-state index is 11.8. The van der Waals surface area contributed by atoms with Gasteiger partial charge in [0.2, 0.25) is 5.91 Å². The Morgan fingerprint density at radius 2 is 2.17 bits per heavy atom. The van der Waals surface area contributed by atoms with E-state index in [-0.39, 0.29) is 17.4 Å². The van der Waals surface area contributed by atoms with Gasteiger partial charge in [0.25, 0.3) is 0 Å². The monoisotopic (exact) mass is 348 g/mol. The summed E-state index contributed by atoms with van der Waals surface area (Å²) in [6.07, 6.45) is 3.70. The van der Waals surface area contributed by atoms with E-state index in [9.17, 15) is 9.59 Å². The fourth-order valence-corrected chi connectivity index (χ4v) is 3.43. The van der Waals surface area contributed by atoms with Crippen LogP contribution in [0, 0.1) is 6.92 Å². The smallest absolute Gasteiger partial charge is 0.244 e. The second kappa shape index (κ2) is 8.00. The summed E-state index contributed by atoms with van der Waals surface area (Å²) in [5.74, 6) is 5.19. The number of nitrogens with one attached hydrogen (secondary N) is 1. The number of hydrogen-bond acceptors (Lipinski definition) is 7. The Morgan fingerprint density at radius 1 is 1.39 bits per heavy atom. The van der Waals surface area contributed by atoms with Gasteiger partial charge >= 0.3 is 0 Å². The van der Waals surface area contributed by atoms with Crippen LogP contribution in [0.25, 0.3) is 12.2 Å². The Hall–Kier alpha value is -2.03. The van der Waals surface area contributed by atoms with Gasteiger partial charge in [-0.2, -0.15) is 0 Å². The van der Waals surface area contributed by atoms with Crippen molar-refractivity contribution in [3.05, 3.63) is 39.5 Å². The van der Waals surface area contributed by atoms with Crippen molar-refractivity contribution in [2.45, 2.75) is 18.9 Å². The van der Waals surface area contributed by atoms with E-state index >= 15 is 0 Å². The van der Waals surface area contributed by atoms with E-state index in [1.54, 1.807) is 24.3 Å². The first-order chi connectivity index (χ1) is 11.0. The molecule has 0 saturated heterocycles. The van der Waals surface area contributed by atoms with Crippen molar-refractivity contribution in [2.24, 2.45) is 5.84 Å². The van der Waals surface area contributed by atoms with E-state index in [2.05, 4.69) is 15.4 Å². The van der Waals surface area contributed by atoms with Crippen molar-refractivity contribution in [1.29, 1.82) is 0 Å². The van der Waals surface area contributed by atoms with Gasteiger partial charge in [-0.1, -0.05) is 17.8 Å². The standard InChI is InChI=1S/C15H16N4O2S2/c1-9-14(10(2)20)15(23-8-13(21)19-16)18-12(17-9)6-5-11-4-3-7-22-11/h3-7H,8,16H2,1-2H3,(H,19,21)/b6-5+. The highest BCUT2D eigenvalue weighted by Crippen LogP contribution is 2.24. The number of ketones is 1. The number of thiophene rings is 1. The molecule has 6 nitrogen and oxygen atoms in total. The maximum absolute atomic E-state index is 11.8. The van der Waals surface area contributed by atoms with Gasteiger partial charge in [0.15, 0.2) is 11.6 Å². The number of hydrazine groups is 1. The molecule has 0 aliphatic rings. The Bertz CT molecular complexity index is 742. The summed E-state index contributed by atoms with van der Waals surface area (Å²) >= 11 is 2.77. The zero-order valence-electron chi connectivity index (χ0n) is 12.7. The molecule has 0 atom stereocenters. The van der Waals surface area contributed by atoms with Crippen molar-refractivity contribution in [1.82, 2.24) is 15.4 Å². The lowest BCUT2D eigenvalue weighted by Gasteiger charge is -2.09. The second-order valence-electron chi connectivity index (χ2n) is 4.61. The molecule has 0 bridgehead atoms. The van der Waals surface area contributed by atoms with Crippen LogP contribution in [0.15, 0.2) is 22.5 Å². The molecule has 0 fully saturated rings. The lowest BCUT2D eigenvalue weighted by atomic mass is 10.2. The van der Waals surface area contributed by atoms with Crippen LogP contribution in [0.3, 0.4) is 0 Å². The number of carbonyl (C=O) groups is 2. The topological polar surface area (TPSA) is 98.0 Å². The number of carbonyl (C=O) groups excluding carboxylic acids is 2. The molecule has 3 N–H and O–H groups in total. The fourth-order valence-electron chi connectivity index (χ4n) is 1.87. The first-order valence-corrected chi connectivity index (χ1v) is 8.61. The van der Waals surface area contributed by atoms with Crippen molar-refractivity contribution < 1.29 is 9.59 Å². The van der Waals surface area contributed by atoms with Crippen molar-refractivity contribution >= 4 is 46.9 Å². The summed E-state index contributed by atoms with van der Waals surface area (Å²) in [7, 11) is 0. The van der Waals surface area contributed by atoms with E-state index in [0.717, 1.165) is 16.6 Å². The molecule has 0 aromatic carbocycles. The molecule has 1 amide bonds.